The van der Waals surface area contributed by atoms with E-state index in [1.165, 1.54) is 5.56 Å². The predicted molar refractivity (Wildman–Crippen MR) is 92.3 cm³/mol. The van der Waals surface area contributed by atoms with Gasteiger partial charge in [0.2, 0.25) is 0 Å². The number of guanidine groups is 1. The van der Waals surface area contributed by atoms with Crippen molar-refractivity contribution in [1.29, 1.82) is 0 Å². The number of hydrogen-bond donors (Lipinski definition) is 2. The highest BCUT2D eigenvalue weighted by molar-refractivity contribution is 14.0. The minimum absolute atomic E-state index is 0. The Balaban J connectivity index is 0.00000200. The van der Waals surface area contributed by atoms with Gasteiger partial charge >= 0.3 is 0 Å². The molecule has 5 nitrogen and oxygen atoms in total. The molecule has 0 spiro atoms. The first-order valence-electron chi connectivity index (χ1n) is 6.32. The van der Waals surface area contributed by atoms with Crippen LogP contribution in [0.4, 0.5) is 0 Å². The van der Waals surface area contributed by atoms with E-state index in [-0.39, 0.29) is 24.0 Å². The maximum atomic E-state index is 4.19. The van der Waals surface area contributed by atoms with Gasteiger partial charge in [-0.05, 0) is 5.56 Å². The maximum Gasteiger partial charge on any atom is 0.191 e. The van der Waals surface area contributed by atoms with Crippen molar-refractivity contribution in [2.45, 2.75) is 13.1 Å². The van der Waals surface area contributed by atoms with Crippen LogP contribution in [-0.4, -0.2) is 29.1 Å². The molecule has 0 aliphatic heterocycles. The van der Waals surface area contributed by atoms with Gasteiger partial charge in [0.1, 0.15) is 0 Å². The molecule has 0 fully saturated rings. The number of rotatable bonds is 5. The van der Waals surface area contributed by atoms with Crippen molar-refractivity contribution in [2.24, 2.45) is 4.99 Å². The highest BCUT2D eigenvalue weighted by Gasteiger charge is 1.97. The van der Waals surface area contributed by atoms with Gasteiger partial charge in [-0.25, -0.2) is 4.98 Å². The van der Waals surface area contributed by atoms with E-state index in [0.29, 0.717) is 0 Å². The van der Waals surface area contributed by atoms with Crippen LogP contribution in [0.2, 0.25) is 0 Å². The van der Waals surface area contributed by atoms with Crippen molar-refractivity contribution in [3.05, 3.63) is 54.6 Å². The molecular weight excluding hydrogens is 365 g/mol. The molecule has 108 valence electrons. The fourth-order valence-electron chi connectivity index (χ4n) is 1.72. The van der Waals surface area contributed by atoms with Gasteiger partial charge in [-0.3, -0.25) is 4.99 Å². The quantitative estimate of drug-likeness (QED) is 0.470. The first kappa shape index (κ1) is 16.5. The van der Waals surface area contributed by atoms with E-state index in [2.05, 4.69) is 32.7 Å². The van der Waals surface area contributed by atoms with Crippen LogP contribution in [-0.2, 0) is 13.1 Å². The molecule has 1 aromatic heterocycles. The zero-order valence-corrected chi connectivity index (χ0v) is 13.8. The summed E-state index contributed by atoms with van der Waals surface area (Å²) in [6, 6.07) is 10.3. The summed E-state index contributed by atoms with van der Waals surface area (Å²) in [5, 5.41) is 6.55. The molecule has 6 heteroatoms. The van der Waals surface area contributed by atoms with Crippen molar-refractivity contribution in [2.75, 3.05) is 13.6 Å². The van der Waals surface area contributed by atoms with Crippen molar-refractivity contribution >= 4 is 29.9 Å². The van der Waals surface area contributed by atoms with Crippen LogP contribution < -0.4 is 10.6 Å². The topological polar surface area (TPSA) is 54.2 Å². The molecule has 20 heavy (non-hydrogen) atoms. The fraction of sp³-hybridized carbons (Fsp3) is 0.286. The Morgan fingerprint density at radius 3 is 2.70 bits per heavy atom. The Morgan fingerprint density at radius 2 is 2.05 bits per heavy atom. The second-order valence-electron chi connectivity index (χ2n) is 4.14. The third-order valence-corrected chi connectivity index (χ3v) is 2.75. The fourth-order valence-corrected chi connectivity index (χ4v) is 1.72. The van der Waals surface area contributed by atoms with Crippen LogP contribution in [0.5, 0.6) is 0 Å². The summed E-state index contributed by atoms with van der Waals surface area (Å²) >= 11 is 0. The van der Waals surface area contributed by atoms with E-state index in [1.54, 1.807) is 13.2 Å². The monoisotopic (exact) mass is 385 g/mol. The zero-order valence-electron chi connectivity index (χ0n) is 11.5. The lowest BCUT2D eigenvalue weighted by Gasteiger charge is -2.12. The summed E-state index contributed by atoms with van der Waals surface area (Å²) in [6.45, 7) is 2.45. The van der Waals surface area contributed by atoms with Crippen LogP contribution in [0.15, 0.2) is 54.0 Å². The predicted octanol–water partition coefficient (Wildman–Crippen LogP) is 1.87. The summed E-state index contributed by atoms with van der Waals surface area (Å²) < 4.78 is 2.03. The summed E-state index contributed by atoms with van der Waals surface area (Å²) in [6.07, 6.45) is 5.53. The average Bonchev–Trinajstić information content (AvgIpc) is 2.97. The van der Waals surface area contributed by atoms with Gasteiger partial charge < -0.3 is 15.2 Å². The van der Waals surface area contributed by atoms with Crippen LogP contribution in [0.25, 0.3) is 0 Å². The van der Waals surface area contributed by atoms with E-state index in [0.717, 1.165) is 25.6 Å². The van der Waals surface area contributed by atoms with E-state index in [9.17, 15) is 0 Å². The smallest absolute Gasteiger partial charge is 0.191 e. The second kappa shape index (κ2) is 9.35. The number of benzene rings is 1. The zero-order chi connectivity index (χ0) is 13.3. The Kier molecular flexibility index (Phi) is 7.71. The van der Waals surface area contributed by atoms with E-state index in [1.807, 2.05) is 35.3 Å². The number of nitrogens with one attached hydrogen (secondary N) is 2. The maximum absolute atomic E-state index is 4.19. The number of imidazole rings is 1. The molecule has 0 radical (unpaired) electrons. The lowest BCUT2D eigenvalue weighted by atomic mass is 10.2. The van der Waals surface area contributed by atoms with E-state index >= 15 is 0 Å². The highest BCUT2D eigenvalue weighted by Crippen LogP contribution is 1.96. The van der Waals surface area contributed by atoms with Gasteiger partial charge in [0.25, 0.3) is 0 Å². The van der Waals surface area contributed by atoms with Gasteiger partial charge in [0, 0.05) is 39.1 Å². The first-order chi connectivity index (χ1) is 9.38. The number of halogens is 1. The van der Waals surface area contributed by atoms with Crippen molar-refractivity contribution < 1.29 is 0 Å². The summed E-state index contributed by atoms with van der Waals surface area (Å²) in [5.74, 6) is 0.809. The number of aliphatic imine (C=N–C) groups is 1. The third kappa shape index (κ3) is 5.60. The molecule has 0 amide bonds. The summed E-state index contributed by atoms with van der Waals surface area (Å²) in [7, 11) is 1.78. The molecule has 0 aliphatic rings. The second-order valence-corrected chi connectivity index (χ2v) is 4.14. The largest absolute Gasteiger partial charge is 0.355 e. The lowest BCUT2D eigenvalue weighted by molar-refractivity contribution is 0.661. The van der Waals surface area contributed by atoms with Gasteiger partial charge in [-0.2, -0.15) is 0 Å². The Bertz CT molecular complexity index is 496. The normalized spacial score (nSPS) is 10.8. The Hall–Kier alpha value is -1.57. The number of nitrogens with zero attached hydrogens (tertiary/aromatic N) is 3. The van der Waals surface area contributed by atoms with Crippen LogP contribution in [0.1, 0.15) is 5.56 Å². The molecule has 2 aromatic rings. The molecule has 1 aromatic carbocycles. The lowest BCUT2D eigenvalue weighted by Crippen LogP contribution is -2.38. The molecule has 0 saturated heterocycles. The third-order valence-electron chi connectivity index (χ3n) is 2.75. The molecule has 2 N–H and O–H groups in total. The number of hydrogen-bond acceptors (Lipinski definition) is 2. The van der Waals surface area contributed by atoms with Gasteiger partial charge in [-0.1, -0.05) is 30.3 Å². The SMILES string of the molecule is CN=C(NCCn1ccnc1)NCc1ccccc1.I. The van der Waals surface area contributed by atoms with Crippen LogP contribution >= 0.6 is 24.0 Å². The molecular formula is C14H20IN5. The summed E-state index contributed by atoms with van der Waals surface area (Å²) in [5.41, 5.74) is 1.24. The minimum atomic E-state index is 0. The molecule has 0 saturated carbocycles. The summed E-state index contributed by atoms with van der Waals surface area (Å²) in [4.78, 5) is 8.20. The minimum Gasteiger partial charge on any atom is -0.355 e. The van der Waals surface area contributed by atoms with Crippen LogP contribution in [0.3, 0.4) is 0 Å². The van der Waals surface area contributed by atoms with Gasteiger partial charge in [0.05, 0.1) is 6.33 Å². The van der Waals surface area contributed by atoms with Gasteiger partial charge in [0.15, 0.2) is 5.96 Å². The van der Waals surface area contributed by atoms with Gasteiger partial charge in [-0.15, -0.1) is 24.0 Å². The molecule has 0 aliphatic carbocycles. The average molecular weight is 385 g/mol. The molecule has 0 unspecified atom stereocenters. The highest BCUT2D eigenvalue weighted by atomic mass is 127. The molecule has 2 rings (SSSR count). The standard InChI is InChI=1S/C14H19N5.HI/c1-15-14(17-8-10-19-9-7-16-12-19)18-11-13-5-3-2-4-6-13;/h2-7,9,12H,8,10-11H2,1H3,(H2,15,17,18);1H. The Labute approximate surface area is 136 Å². The molecule has 1 heterocycles. The van der Waals surface area contributed by atoms with Crippen molar-refractivity contribution in [1.82, 2.24) is 20.2 Å². The Morgan fingerprint density at radius 1 is 1.25 bits per heavy atom. The van der Waals surface area contributed by atoms with Crippen molar-refractivity contribution in [3.8, 4) is 0 Å². The molecule has 0 bridgehead atoms. The van der Waals surface area contributed by atoms with E-state index < -0.39 is 0 Å². The van der Waals surface area contributed by atoms with Crippen LogP contribution in [0, 0.1) is 0 Å². The van der Waals surface area contributed by atoms with Crippen molar-refractivity contribution in [3.63, 3.8) is 0 Å². The first-order valence-corrected chi connectivity index (χ1v) is 6.32. The van der Waals surface area contributed by atoms with E-state index in [4.69, 9.17) is 0 Å². The number of aromatic nitrogens is 2. The molecule has 0 atom stereocenters.